The summed E-state index contributed by atoms with van der Waals surface area (Å²) in [5, 5.41) is 0. The van der Waals surface area contributed by atoms with E-state index >= 15 is 0 Å². The molecule has 21 heavy (non-hydrogen) atoms. The third kappa shape index (κ3) is 4.59. The van der Waals surface area contributed by atoms with Crippen LogP contribution in [0.5, 0.6) is 0 Å². The molecule has 0 unspecified atom stereocenters. The summed E-state index contributed by atoms with van der Waals surface area (Å²) in [6.45, 7) is 4.18. The normalized spacial score (nSPS) is 11.5. The standard InChI is InChI=1S/C16H19NO2S2/c1-13-8-9-16(14(2)12-13)21(18,19)17-10-11-20-15-6-4-3-5-7-15/h3-9,12,17H,10-11H2,1-2H3. The molecule has 0 aliphatic heterocycles. The average Bonchev–Trinajstić information content (AvgIpc) is 2.44. The number of sulfonamides is 1. The zero-order valence-electron chi connectivity index (χ0n) is 12.2. The largest absolute Gasteiger partial charge is 0.240 e. The Morgan fingerprint density at radius 1 is 1.05 bits per heavy atom. The zero-order valence-corrected chi connectivity index (χ0v) is 13.8. The molecular weight excluding hydrogens is 302 g/mol. The van der Waals surface area contributed by atoms with E-state index in [1.165, 1.54) is 0 Å². The van der Waals surface area contributed by atoms with Gasteiger partial charge in [0.1, 0.15) is 0 Å². The van der Waals surface area contributed by atoms with Gasteiger partial charge in [-0.15, -0.1) is 11.8 Å². The van der Waals surface area contributed by atoms with E-state index in [0.29, 0.717) is 17.2 Å². The molecule has 112 valence electrons. The first-order chi connectivity index (χ1) is 9.99. The van der Waals surface area contributed by atoms with Gasteiger partial charge in [0.25, 0.3) is 0 Å². The molecule has 0 radical (unpaired) electrons. The van der Waals surface area contributed by atoms with Gasteiger partial charge in [-0.3, -0.25) is 0 Å². The molecule has 0 amide bonds. The maximum atomic E-state index is 12.3. The van der Waals surface area contributed by atoms with Crippen LogP contribution in [0.15, 0.2) is 58.3 Å². The highest BCUT2D eigenvalue weighted by atomic mass is 32.2. The third-order valence-electron chi connectivity index (χ3n) is 3.03. The van der Waals surface area contributed by atoms with Crippen molar-refractivity contribution < 1.29 is 8.42 Å². The van der Waals surface area contributed by atoms with Crippen LogP contribution in [-0.2, 0) is 10.0 Å². The van der Waals surface area contributed by atoms with Gasteiger partial charge in [0.05, 0.1) is 4.90 Å². The summed E-state index contributed by atoms with van der Waals surface area (Å²) in [5.41, 5.74) is 1.84. The molecule has 0 saturated carbocycles. The van der Waals surface area contributed by atoms with Gasteiger partial charge >= 0.3 is 0 Å². The molecule has 0 aliphatic rings. The second-order valence-electron chi connectivity index (χ2n) is 4.83. The predicted molar refractivity (Wildman–Crippen MR) is 88.3 cm³/mol. The number of aryl methyl sites for hydroxylation is 2. The van der Waals surface area contributed by atoms with Crippen LogP contribution >= 0.6 is 11.8 Å². The van der Waals surface area contributed by atoms with Crippen molar-refractivity contribution in [2.45, 2.75) is 23.6 Å². The molecule has 0 fully saturated rings. The van der Waals surface area contributed by atoms with Gasteiger partial charge < -0.3 is 0 Å². The van der Waals surface area contributed by atoms with Gasteiger partial charge in [0, 0.05) is 17.2 Å². The third-order valence-corrected chi connectivity index (χ3v) is 5.66. The summed E-state index contributed by atoms with van der Waals surface area (Å²) in [4.78, 5) is 1.50. The summed E-state index contributed by atoms with van der Waals surface area (Å²) < 4.78 is 27.2. The van der Waals surface area contributed by atoms with Crippen molar-refractivity contribution >= 4 is 21.8 Å². The fraction of sp³-hybridized carbons (Fsp3) is 0.250. The van der Waals surface area contributed by atoms with E-state index in [9.17, 15) is 8.42 Å². The lowest BCUT2D eigenvalue weighted by atomic mass is 10.2. The molecule has 3 nitrogen and oxygen atoms in total. The molecule has 2 rings (SSSR count). The number of thioether (sulfide) groups is 1. The topological polar surface area (TPSA) is 46.2 Å². The summed E-state index contributed by atoms with van der Waals surface area (Å²) in [5.74, 6) is 0.703. The molecule has 2 aromatic carbocycles. The minimum absolute atomic E-state index is 0.359. The van der Waals surface area contributed by atoms with E-state index in [1.807, 2.05) is 56.3 Å². The van der Waals surface area contributed by atoms with E-state index in [1.54, 1.807) is 17.8 Å². The van der Waals surface area contributed by atoms with Gasteiger partial charge in [-0.25, -0.2) is 13.1 Å². The molecule has 0 atom stereocenters. The molecule has 0 aromatic heterocycles. The molecule has 0 aliphatic carbocycles. The molecule has 0 spiro atoms. The fourth-order valence-corrected chi connectivity index (χ4v) is 4.22. The van der Waals surface area contributed by atoms with Crippen LogP contribution in [-0.4, -0.2) is 20.7 Å². The van der Waals surface area contributed by atoms with Gasteiger partial charge in [0.2, 0.25) is 10.0 Å². The van der Waals surface area contributed by atoms with Crippen molar-refractivity contribution in [3.8, 4) is 0 Å². The fourth-order valence-electron chi connectivity index (χ4n) is 2.04. The minimum Gasteiger partial charge on any atom is -0.210 e. The van der Waals surface area contributed by atoms with E-state index in [4.69, 9.17) is 0 Å². The number of nitrogens with one attached hydrogen (secondary N) is 1. The molecule has 5 heteroatoms. The van der Waals surface area contributed by atoms with E-state index in [-0.39, 0.29) is 0 Å². The molecule has 0 heterocycles. The minimum atomic E-state index is -3.43. The Hall–Kier alpha value is -1.30. The van der Waals surface area contributed by atoms with E-state index < -0.39 is 10.0 Å². The van der Waals surface area contributed by atoms with Crippen molar-refractivity contribution in [3.63, 3.8) is 0 Å². The van der Waals surface area contributed by atoms with Crippen LogP contribution < -0.4 is 4.72 Å². The average molecular weight is 321 g/mol. The van der Waals surface area contributed by atoms with Crippen molar-refractivity contribution in [3.05, 3.63) is 59.7 Å². The molecule has 2 aromatic rings. The van der Waals surface area contributed by atoms with Gasteiger partial charge in [-0.1, -0.05) is 35.9 Å². The molecular formula is C16H19NO2S2. The summed E-state index contributed by atoms with van der Waals surface area (Å²) in [6, 6.07) is 15.3. The van der Waals surface area contributed by atoms with Crippen LogP contribution in [0.25, 0.3) is 0 Å². The van der Waals surface area contributed by atoms with Crippen molar-refractivity contribution in [1.82, 2.24) is 4.72 Å². The monoisotopic (exact) mass is 321 g/mol. The highest BCUT2D eigenvalue weighted by Gasteiger charge is 2.15. The SMILES string of the molecule is Cc1ccc(S(=O)(=O)NCCSc2ccccc2)c(C)c1. The highest BCUT2D eigenvalue weighted by molar-refractivity contribution is 7.99. The Morgan fingerprint density at radius 3 is 2.43 bits per heavy atom. The summed E-state index contributed by atoms with van der Waals surface area (Å²) in [7, 11) is -3.43. The van der Waals surface area contributed by atoms with Crippen molar-refractivity contribution in [1.29, 1.82) is 0 Å². The number of hydrogen-bond acceptors (Lipinski definition) is 3. The molecule has 0 bridgehead atoms. The second-order valence-corrected chi connectivity index (χ2v) is 7.73. The quantitative estimate of drug-likeness (QED) is 0.655. The predicted octanol–water partition coefficient (Wildman–Crippen LogP) is 3.37. The Kier molecular flexibility index (Phi) is 5.45. The van der Waals surface area contributed by atoms with Crippen LogP contribution in [0.1, 0.15) is 11.1 Å². The molecule has 0 saturated heterocycles. The Balaban J connectivity index is 1.92. The number of rotatable bonds is 6. The zero-order chi connectivity index (χ0) is 15.3. The Bertz CT molecular complexity index is 697. The first-order valence-corrected chi connectivity index (χ1v) is 9.21. The van der Waals surface area contributed by atoms with Gasteiger partial charge in [-0.05, 0) is 37.6 Å². The summed E-state index contributed by atoms with van der Waals surface area (Å²) >= 11 is 1.64. The van der Waals surface area contributed by atoms with E-state index in [2.05, 4.69) is 4.72 Å². The maximum Gasteiger partial charge on any atom is 0.240 e. The lowest BCUT2D eigenvalue weighted by Gasteiger charge is -2.09. The lowest BCUT2D eigenvalue weighted by molar-refractivity contribution is 0.583. The van der Waals surface area contributed by atoms with Crippen LogP contribution in [0.2, 0.25) is 0 Å². The van der Waals surface area contributed by atoms with Crippen LogP contribution in [0.4, 0.5) is 0 Å². The van der Waals surface area contributed by atoms with Gasteiger partial charge in [0.15, 0.2) is 0 Å². The first-order valence-electron chi connectivity index (χ1n) is 6.74. The van der Waals surface area contributed by atoms with Gasteiger partial charge in [-0.2, -0.15) is 0 Å². The second kappa shape index (κ2) is 7.11. The number of hydrogen-bond donors (Lipinski definition) is 1. The molecule has 1 N–H and O–H groups in total. The Morgan fingerprint density at radius 2 is 1.76 bits per heavy atom. The first kappa shape index (κ1) is 16.1. The summed E-state index contributed by atoms with van der Waals surface area (Å²) in [6.07, 6.45) is 0. The van der Waals surface area contributed by atoms with Crippen LogP contribution in [0, 0.1) is 13.8 Å². The maximum absolute atomic E-state index is 12.3. The van der Waals surface area contributed by atoms with Crippen molar-refractivity contribution in [2.75, 3.05) is 12.3 Å². The van der Waals surface area contributed by atoms with Crippen LogP contribution in [0.3, 0.4) is 0 Å². The Labute approximate surface area is 130 Å². The smallest absolute Gasteiger partial charge is 0.210 e. The number of benzene rings is 2. The van der Waals surface area contributed by atoms with E-state index in [0.717, 1.165) is 16.0 Å². The lowest BCUT2D eigenvalue weighted by Crippen LogP contribution is -2.26. The highest BCUT2D eigenvalue weighted by Crippen LogP contribution is 2.18. The van der Waals surface area contributed by atoms with Crippen molar-refractivity contribution in [2.24, 2.45) is 0 Å².